The Kier molecular flexibility index (Phi) is 5.64. The fourth-order valence-electron chi connectivity index (χ4n) is 1.67. The zero-order valence-electron chi connectivity index (χ0n) is 11.8. The normalized spacial score (nSPS) is 10.3. The molecule has 2 rings (SSSR count). The highest BCUT2D eigenvalue weighted by Gasteiger charge is 2.07. The second-order valence-electron chi connectivity index (χ2n) is 4.32. The molecule has 21 heavy (non-hydrogen) atoms. The molecule has 0 aliphatic carbocycles. The van der Waals surface area contributed by atoms with Gasteiger partial charge in [0.2, 0.25) is 5.95 Å². The van der Waals surface area contributed by atoms with Crippen LogP contribution in [-0.4, -0.2) is 23.6 Å². The van der Waals surface area contributed by atoms with Crippen LogP contribution in [0.25, 0.3) is 0 Å². The average Bonchev–Trinajstić information content (AvgIpc) is 2.47. The van der Waals surface area contributed by atoms with Crippen LogP contribution in [0, 0.1) is 0 Å². The van der Waals surface area contributed by atoms with Gasteiger partial charge in [-0.05, 0) is 18.6 Å². The van der Waals surface area contributed by atoms with Gasteiger partial charge in [0, 0.05) is 22.8 Å². The first-order valence-electron chi connectivity index (χ1n) is 6.50. The van der Waals surface area contributed by atoms with Gasteiger partial charge in [0.05, 0.1) is 13.3 Å². The van der Waals surface area contributed by atoms with E-state index < -0.39 is 0 Å². The minimum atomic E-state index is 0.455. The van der Waals surface area contributed by atoms with Crippen molar-refractivity contribution in [2.24, 2.45) is 0 Å². The number of nitrogens with zero attached hydrogens (tertiary/aromatic N) is 2. The molecule has 0 saturated carbocycles. The smallest absolute Gasteiger partial charge is 0.224 e. The SMILES string of the molecule is CCCNc1ncc(Cl)c(Nc2cc(Br)cc(OC)c2)n1. The van der Waals surface area contributed by atoms with E-state index in [1.807, 2.05) is 18.2 Å². The van der Waals surface area contributed by atoms with E-state index in [1.54, 1.807) is 13.3 Å². The Hall–Kier alpha value is -1.53. The Morgan fingerprint density at radius 2 is 2.14 bits per heavy atom. The number of aromatic nitrogens is 2. The van der Waals surface area contributed by atoms with E-state index in [2.05, 4.69) is 43.5 Å². The molecule has 0 amide bonds. The molecule has 1 aromatic carbocycles. The minimum absolute atomic E-state index is 0.455. The van der Waals surface area contributed by atoms with Crippen LogP contribution in [0.4, 0.5) is 17.5 Å². The maximum absolute atomic E-state index is 6.14. The summed E-state index contributed by atoms with van der Waals surface area (Å²) in [6.07, 6.45) is 2.57. The molecular formula is C14H16BrClN4O. The highest BCUT2D eigenvalue weighted by atomic mass is 79.9. The Labute approximate surface area is 137 Å². The summed E-state index contributed by atoms with van der Waals surface area (Å²) in [4.78, 5) is 8.51. The standard InChI is InChI=1S/C14H16BrClN4O/c1-3-4-17-14-18-8-12(16)13(20-14)19-10-5-9(15)6-11(7-10)21-2/h5-8H,3-4H2,1-2H3,(H2,17,18,19,20). The van der Waals surface area contributed by atoms with Crippen molar-refractivity contribution in [2.45, 2.75) is 13.3 Å². The van der Waals surface area contributed by atoms with Gasteiger partial charge < -0.3 is 15.4 Å². The number of anilines is 3. The second-order valence-corrected chi connectivity index (χ2v) is 5.64. The number of rotatable bonds is 6. The second kappa shape index (κ2) is 7.47. The third-order valence-electron chi connectivity index (χ3n) is 2.65. The minimum Gasteiger partial charge on any atom is -0.497 e. The predicted molar refractivity (Wildman–Crippen MR) is 89.8 cm³/mol. The van der Waals surface area contributed by atoms with Gasteiger partial charge >= 0.3 is 0 Å². The third kappa shape index (κ3) is 4.47. The van der Waals surface area contributed by atoms with Crippen LogP contribution in [0.5, 0.6) is 5.75 Å². The lowest BCUT2D eigenvalue weighted by atomic mass is 10.3. The maximum atomic E-state index is 6.14. The quantitative estimate of drug-likeness (QED) is 0.784. The molecule has 1 aromatic heterocycles. The van der Waals surface area contributed by atoms with E-state index in [9.17, 15) is 0 Å². The largest absolute Gasteiger partial charge is 0.497 e. The monoisotopic (exact) mass is 370 g/mol. The summed E-state index contributed by atoms with van der Waals surface area (Å²) in [6.45, 7) is 2.89. The van der Waals surface area contributed by atoms with Crippen LogP contribution in [0.1, 0.15) is 13.3 Å². The van der Waals surface area contributed by atoms with Crippen LogP contribution in [0.15, 0.2) is 28.9 Å². The van der Waals surface area contributed by atoms with Gasteiger partial charge in [-0.15, -0.1) is 0 Å². The fraction of sp³-hybridized carbons (Fsp3) is 0.286. The maximum Gasteiger partial charge on any atom is 0.224 e. The zero-order valence-corrected chi connectivity index (χ0v) is 14.1. The van der Waals surface area contributed by atoms with E-state index in [0.717, 1.165) is 28.9 Å². The molecule has 2 aromatic rings. The van der Waals surface area contributed by atoms with Gasteiger partial charge in [0.15, 0.2) is 5.82 Å². The van der Waals surface area contributed by atoms with Gasteiger partial charge in [0.25, 0.3) is 0 Å². The lowest BCUT2D eigenvalue weighted by Gasteiger charge is -2.11. The molecule has 0 fully saturated rings. The molecule has 5 nitrogen and oxygen atoms in total. The first kappa shape index (κ1) is 15.9. The lowest BCUT2D eigenvalue weighted by molar-refractivity contribution is 0.415. The van der Waals surface area contributed by atoms with Gasteiger partial charge in [0.1, 0.15) is 10.8 Å². The molecule has 1 heterocycles. The van der Waals surface area contributed by atoms with Crippen molar-refractivity contribution in [3.8, 4) is 5.75 Å². The molecule has 7 heteroatoms. The molecule has 0 aliphatic heterocycles. The summed E-state index contributed by atoms with van der Waals surface area (Å²) in [5.74, 6) is 1.83. The van der Waals surface area contributed by atoms with Crippen LogP contribution >= 0.6 is 27.5 Å². The van der Waals surface area contributed by atoms with Gasteiger partial charge in [-0.1, -0.05) is 34.5 Å². The van der Waals surface area contributed by atoms with Crippen molar-refractivity contribution in [3.63, 3.8) is 0 Å². The highest BCUT2D eigenvalue weighted by Crippen LogP contribution is 2.29. The van der Waals surface area contributed by atoms with Crippen molar-refractivity contribution < 1.29 is 4.74 Å². The summed E-state index contributed by atoms with van der Waals surface area (Å²) >= 11 is 9.57. The Balaban J connectivity index is 2.23. The molecule has 0 radical (unpaired) electrons. The van der Waals surface area contributed by atoms with Crippen LogP contribution in [0.2, 0.25) is 5.02 Å². The molecule has 0 spiro atoms. The lowest BCUT2D eigenvalue weighted by Crippen LogP contribution is -2.06. The number of nitrogens with one attached hydrogen (secondary N) is 2. The van der Waals surface area contributed by atoms with Crippen LogP contribution < -0.4 is 15.4 Å². The molecule has 0 bridgehead atoms. The van der Waals surface area contributed by atoms with E-state index in [1.165, 1.54) is 0 Å². The van der Waals surface area contributed by atoms with Gasteiger partial charge in [-0.3, -0.25) is 0 Å². The predicted octanol–water partition coefficient (Wildman–Crippen LogP) is 4.47. The van der Waals surface area contributed by atoms with Crippen LogP contribution in [0.3, 0.4) is 0 Å². The first-order valence-corrected chi connectivity index (χ1v) is 7.67. The number of methoxy groups -OCH3 is 1. The Bertz CT molecular complexity index is 624. The van der Waals surface area contributed by atoms with Gasteiger partial charge in [-0.25, -0.2) is 4.98 Å². The summed E-state index contributed by atoms with van der Waals surface area (Å²) in [5.41, 5.74) is 0.822. The van der Waals surface area contributed by atoms with E-state index in [-0.39, 0.29) is 0 Å². The Morgan fingerprint density at radius 1 is 1.33 bits per heavy atom. The van der Waals surface area contributed by atoms with E-state index in [0.29, 0.717) is 16.8 Å². The Morgan fingerprint density at radius 3 is 2.86 bits per heavy atom. The van der Waals surface area contributed by atoms with Gasteiger partial charge in [-0.2, -0.15) is 4.98 Å². The van der Waals surface area contributed by atoms with Crippen molar-refractivity contribution in [3.05, 3.63) is 33.9 Å². The van der Waals surface area contributed by atoms with E-state index in [4.69, 9.17) is 16.3 Å². The highest BCUT2D eigenvalue weighted by molar-refractivity contribution is 9.10. The number of hydrogen-bond acceptors (Lipinski definition) is 5. The summed E-state index contributed by atoms with van der Waals surface area (Å²) in [5, 5.41) is 6.75. The van der Waals surface area contributed by atoms with Crippen molar-refractivity contribution in [1.29, 1.82) is 0 Å². The molecule has 0 saturated heterocycles. The van der Waals surface area contributed by atoms with Crippen LogP contribution in [-0.2, 0) is 0 Å². The first-order chi connectivity index (χ1) is 10.1. The zero-order chi connectivity index (χ0) is 15.2. The molecule has 0 atom stereocenters. The summed E-state index contributed by atoms with van der Waals surface area (Å²) in [7, 11) is 1.62. The molecule has 2 N–H and O–H groups in total. The van der Waals surface area contributed by atoms with E-state index >= 15 is 0 Å². The summed E-state index contributed by atoms with van der Waals surface area (Å²) < 4.78 is 6.13. The fourth-order valence-corrected chi connectivity index (χ4v) is 2.28. The molecule has 112 valence electrons. The topological polar surface area (TPSA) is 59.1 Å². The summed E-state index contributed by atoms with van der Waals surface area (Å²) in [6, 6.07) is 5.66. The molecule has 0 aliphatic rings. The number of hydrogen-bond donors (Lipinski definition) is 2. The number of ether oxygens (including phenoxy) is 1. The molecule has 0 unspecified atom stereocenters. The third-order valence-corrected chi connectivity index (χ3v) is 3.38. The van der Waals surface area contributed by atoms with Crippen molar-refractivity contribution >= 4 is 45.0 Å². The number of benzene rings is 1. The number of halogens is 2. The molecular weight excluding hydrogens is 356 g/mol. The average molecular weight is 372 g/mol. The van der Waals surface area contributed by atoms with Crippen molar-refractivity contribution in [2.75, 3.05) is 24.3 Å². The van der Waals surface area contributed by atoms with Crippen molar-refractivity contribution in [1.82, 2.24) is 9.97 Å².